The van der Waals surface area contributed by atoms with Crippen LogP contribution in [0.5, 0.6) is 0 Å². The number of para-hydroxylation sites is 1. The van der Waals surface area contributed by atoms with E-state index in [2.05, 4.69) is 39.4 Å². The van der Waals surface area contributed by atoms with Crippen LogP contribution in [-0.2, 0) is 6.54 Å². The van der Waals surface area contributed by atoms with Gasteiger partial charge in [0.15, 0.2) is 17.0 Å². The third-order valence-corrected chi connectivity index (χ3v) is 5.22. The topological polar surface area (TPSA) is 140 Å². The van der Waals surface area contributed by atoms with Crippen molar-refractivity contribution in [2.24, 2.45) is 0 Å². The van der Waals surface area contributed by atoms with Crippen LogP contribution in [0.4, 0.5) is 23.1 Å². The molecule has 9 nitrogen and oxygen atoms in total. The van der Waals surface area contributed by atoms with E-state index in [4.69, 9.17) is 11.5 Å². The van der Waals surface area contributed by atoms with Gasteiger partial charge < -0.3 is 31.8 Å². The van der Waals surface area contributed by atoms with Crippen LogP contribution < -0.4 is 22.1 Å². The number of anilines is 4. The summed E-state index contributed by atoms with van der Waals surface area (Å²) in [6.45, 7) is 10.1. The molecule has 0 saturated carbocycles. The van der Waals surface area contributed by atoms with Crippen LogP contribution in [-0.4, -0.2) is 36.3 Å². The molecule has 3 aromatic rings. The van der Waals surface area contributed by atoms with Crippen molar-refractivity contribution >= 4 is 34.3 Å². The lowest BCUT2D eigenvalue weighted by Gasteiger charge is -2.29. The summed E-state index contributed by atoms with van der Waals surface area (Å²) in [6.07, 6.45) is 2.48. The van der Waals surface area contributed by atoms with E-state index in [9.17, 15) is 5.11 Å². The minimum Gasteiger partial charge on any atom is -0.397 e. The SMILES string of the molecule is CCC(Nc1nc(NCc2cccc(N)c2N)c2ncn(C(C)C)c2n1)C(C)(C)O. The fraction of sp³-hybridized carbons (Fsp3) is 0.476. The number of fused-ring (bicyclic) bond motifs is 1. The molecular formula is C21H32N8O. The normalized spacial score (nSPS) is 13.0. The molecule has 1 aromatic carbocycles. The highest BCUT2D eigenvalue weighted by molar-refractivity contribution is 5.84. The Balaban J connectivity index is 2.00. The van der Waals surface area contributed by atoms with Gasteiger partial charge in [-0.2, -0.15) is 9.97 Å². The Morgan fingerprint density at radius 2 is 1.93 bits per heavy atom. The molecular weight excluding hydrogens is 380 g/mol. The zero-order chi connectivity index (χ0) is 22.1. The van der Waals surface area contributed by atoms with E-state index in [1.54, 1.807) is 26.2 Å². The van der Waals surface area contributed by atoms with Gasteiger partial charge >= 0.3 is 0 Å². The second-order valence-corrected chi connectivity index (χ2v) is 8.35. The molecule has 162 valence electrons. The van der Waals surface area contributed by atoms with Gasteiger partial charge in [0.1, 0.15) is 0 Å². The molecule has 30 heavy (non-hydrogen) atoms. The average Bonchev–Trinajstić information content (AvgIpc) is 3.10. The van der Waals surface area contributed by atoms with Crippen molar-refractivity contribution in [2.45, 2.75) is 65.3 Å². The summed E-state index contributed by atoms with van der Waals surface area (Å²) in [7, 11) is 0. The van der Waals surface area contributed by atoms with Crippen molar-refractivity contribution in [3.05, 3.63) is 30.1 Å². The Morgan fingerprint density at radius 1 is 1.20 bits per heavy atom. The van der Waals surface area contributed by atoms with Gasteiger partial charge in [0.25, 0.3) is 0 Å². The minimum absolute atomic E-state index is 0.187. The van der Waals surface area contributed by atoms with Crippen molar-refractivity contribution in [3.63, 3.8) is 0 Å². The third kappa shape index (κ3) is 4.40. The number of aliphatic hydroxyl groups is 1. The van der Waals surface area contributed by atoms with Gasteiger partial charge in [0.05, 0.1) is 29.3 Å². The molecule has 0 saturated heterocycles. The molecule has 0 aliphatic heterocycles. The third-order valence-electron chi connectivity index (χ3n) is 5.22. The average molecular weight is 413 g/mol. The molecule has 3 rings (SSSR count). The molecule has 0 aliphatic rings. The van der Waals surface area contributed by atoms with Gasteiger partial charge in [0.2, 0.25) is 5.95 Å². The molecule has 0 bridgehead atoms. The Kier molecular flexibility index (Phi) is 6.02. The number of imidazole rings is 1. The van der Waals surface area contributed by atoms with E-state index < -0.39 is 5.60 Å². The maximum atomic E-state index is 10.5. The van der Waals surface area contributed by atoms with Crippen molar-refractivity contribution in [3.8, 4) is 0 Å². The Bertz CT molecular complexity index is 1020. The van der Waals surface area contributed by atoms with Crippen molar-refractivity contribution < 1.29 is 5.11 Å². The van der Waals surface area contributed by atoms with Crippen LogP contribution in [0.2, 0.25) is 0 Å². The molecule has 0 fully saturated rings. The first kappa shape index (κ1) is 21.6. The van der Waals surface area contributed by atoms with Gasteiger partial charge in [-0.25, -0.2) is 4.98 Å². The zero-order valence-corrected chi connectivity index (χ0v) is 18.3. The number of rotatable bonds is 8. The van der Waals surface area contributed by atoms with Gasteiger partial charge in [-0.3, -0.25) is 0 Å². The summed E-state index contributed by atoms with van der Waals surface area (Å²) in [5.41, 5.74) is 14.5. The molecule has 2 heterocycles. The van der Waals surface area contributed by atoms with Crippen molar-refractivity contribution in [2.75, 3.05) is 22.1 Å². The lowest BCUT2D eigenvalue weighted by Crippen LogP contribution is -2.41. The van der Waals surface area contributed by atoms with Gasteiger partial charge in [-0.1, -0.05) is 19.1 Å². The van der Waals surface area contributed by atoms with E-state index in [-0.39, 0.29) is 12.1 Å². The predicted octanol–water partition coefficient (Wildman–Crippen LogP) is 3.15. The summed E-state index contributed by atoms with van der Waals surface area (Å²) < 4.78 is 1.99. The van der Waals surface area contributed by atoms with Crippen LogP contribution in [0.3, 0.4) is 0 Å². The fourth-order valence-corrected chi connectivity index (χ4v) is 3.38. The number of nitrogens with zero attached hydrogens (tertiary/aromatic N) is 4. The number of nitrogens with one attached hydrogen (secondary N) is 2. The van der Waals surface area contributed by atoms with Crippen LogP contribution in [0.25, 0.3) is 11.2 Å². The number of hydrogen-bond acceptors (Lipinski definition) is 8. The highest BCUT2D eigenvalue weighted by Gasteiger charge is 2.26. The molecule has 0 aliphatic carbocycles. The number of aromatic nitrogens is 4. The molecule has 1 atom stereocenters. The largest absolute Gasteiger partial charge is 0.397 e. The highest BCUT2D eigenvalue weighted by atomic mass is 16.3. The van der Waals surface area contributed by atoms with E-state index in [0.717, 1.165) is 17.6 Å². The van der Waals surface area contributed by atoms with Crippen LogP contribution >= 0.6 is 0 Å². The molecule has 0 spiro atoms. The predicted molar refractivity (Wildman–Crippen MR) is 122 cm³/mol. The lowest BCUT2D eigenvalue weighted by atomic mass is 9.97. The number of nitrogen functional groups attached to an aromatic ring is 2. The molecule has 0 radical (unpaired) electrons. The Morgan fingerprint density at radius 3 is 2.57 bits per heavy atom. The van der Waals surface area contributed by atoms with E-state index >= 15 is 0 Å². The van der Waals surface area contributed by atoms with Crippen LogP contribution in [0, 0.1) is 0 Å². The highest BCUT2D eigenvalue weighted by Crippen LogP contribution is 2.26. The molecule has 1 unspecified atom stereocenters. The van der Waals surface area contributed by atoms with E-state index in [1.807, 2.05) is 23.6 Å². The number of nitrogens with two attached hydrogens (primary N) is 2. The van der Waals surface area contributed by atoms with Gasteiger partial charge in [0, 0.05) is 12.6 Å². The molecule has 9 heteroatoms. The quantitative estimate of drug-likeness (QED) is 0.355. The summed E-state index contributed by atoms with van der Waals surface area (Å²) >= 11 is 0. The first-order valence-corrected chi connectivity index (χ1v) is 10.2. The monoisotopic (exact) mass is 412 g/mol. The lowest BCUT2D eigenvalue weighted by molar-refractivity contribution is 0.0577. The number of hydrogen-bond donors (Lipinski definition) is 5. The van der Waals surface area contributed by atoms with E-state index in [0.29, 0.717) is 35.2 Å². The standard InChI is InChI=1S/C21H32N8O/c1-6-15(21(4,5)30)26-20-27-18(17-19(28-20)29(11-25-17)12(2)3)24-10-13-8-7-9-14(22)16(13)23/h7-9,11-12,15,30H,6,10,22-23H2,1-5H3,(H2,24,26,27,28). The molecule has 0 amide bonds. The maximum absolute atomic E-state index is 10.5. The van der Waals surface area contributed by atoms with Crippen molar-refractivity contribution in [1.29, 1.82) is 0 Å². The second kappa shape index (κ2) is 8.35. The first-order valence-electron chi connectivity index (χ1n) is 10.2. The van der Waals surface area contributed by atoms with Gasteiger partial charge in [-0.15, -0.1) is 0 Å². The van der Waals surface area contributed by atoms with Crippen LogP contribution in [0.1, 0.15) is 52.6 Å². The minimum atomic E-state index is -0.922. The summed E-state index contributed by atoms with van der Waals surface area (Å²) in [4.78, 5) is 13.9. The second-order valence-electron chi connectivity index (χ2n) is 8.35. The smallest absolute Gasteiger partial charge is 0.227 e. The number of benzene rings is 1. The summed E-state index contributed by atoms with van der Waals surface area (Å²) in [5, 5.41) is 17.1. The summed E-state index contributed by atoms with van der Waals surface area (Å²) in [5.74, 6) is 1.02. The molecule has 2 aromatic heterocycles. The van der Waals surface area contributed by atoms with Gasteiger partial charge in [-0.05, 0) is 45.7 Å². The zero-order valence-electron chi connectivity index (χ0n) is 18.3. The fourth-order valence-electron chi connectivity index (χ4n) is 3.38. The summed E-state index contributed by atoms with van der Waals surface area (Å²) in [6, 6.07) is 5.54. The first-order chi connectivity index (χ1) is 14.1. The van der Waals surface area contributed by atoms with Crippen molar-refractivity contribution in [1.82, 2.24) is 19.5 Å². The van der Waals surface area contributed by atoms with E-state index in [1.165, 1.54) is 0 Å². The Hall–Kier alpha value is -3.07. The molecule has 7 N–H and O–H groups in total. The van der Waals surface area contributed by atoms with Crippen LogP contribution in [0.15, 0.2) is 24.5 Å². The Labute approximate surface area is 176 Å². The maximum Gasteiger partial charge on any atom is 0.227 e.